The highest BCUT2D eigenvalue weighted by Crippen LogP contribution is 2.35. The molecule has 0 aliphatic carbocycles. The number of hydrogen-bond acceptors (Lipinski definition) is 8. The Kier molecular flexibility index (Phi) is 7.70. The van der Waals surface area contributed by atoms with Crippen molar-refractivity contribution in [3.05, 3.63) is 45.1 Å². The normalized spacial score (nSPS) is 15.8. The summed E-state index contributed by atoms with van der Waals surface area (Å²) in [4.78, 5) is 24.8. The predicted molar refractivity (Wildman–Crippen MR) is 116 cm³/mol. The highest BCUT2D eigenvalue weighted by atomic mass is 79.9. The molecule has 1 saturated heterocycles. The maximum atomic E-state index is 13.2. The lowest BCUT2D eigenvalue weighted by atomic mass is 9.98. The Bertz CT molecular complexity index is 1030. The predicted octanol–water partition coefficient (Wildman–Crippen LogP) is 2.15. The smallest absolute Gasteiger partial charge is 0.265 e. The van der Waals surface area contributed by atoms with Crippen LogP contribution in [0.4, 0.5) is 0 Å². The van der Waals surface area contributed by atoms with Gasteiger partial charge in [-0.1, -0.05) is 0 Å². The Labute approximate surface area is 191 Å². The molecule has 0 radical (unpaired) electrons. The molecule has 1 aromatic heterocycles. The van der Waals surface area contributed by atoms with Crippen molar-refractivity contribution in [3.8, 4) is 5.75 Å². The van der Waals surface area contributed by atoms with Gasteiger partial charge in [0.05, 0.1) is 20.1 Å². The first-order valence-electron chi connectivity index (χ1n) is 9.33. The monoisotopic (exact) mass is 532 g/mol. The minimum absolute atomic E-state index is 0.0538. The highest BCUT2D eigenvalue weighted by Gasteiger charge is 2.52. The van der Waals surface area contributed by atoms with Crippen LogP contribution in [0.2, 0.25) is 0 Å². The summed E-state index contributed by atoms with van der Waals surface area (Å²) in [5, 5.41) is 11.8. The SMILES string of the molecule is O=C(NCCOc1ccc(S(=O)(=O)C2(C(=O)NO)CCOCC2)cc1)c1ccc(Br)s1. The summed E-state index contributed by atoms with van der Waals surface area (Å²) in [5.74, 6) is -0.756. The fourth-order valence-corrected chi connectivity index (χ4v) is 6.46. The number of halogens is 1. The molecule has 0 atom stereocenters. The van der Waals surface area contributed by atoms with E-state index in [1.165, 1.54) is 41.1 Å². The van der Waals surface area contributed by atoms with Gasteiger partial charge in [-0.25, -0.2) is 13.9 Å². The molecule has 1 aromatic carbocycles. The van der Waals surface area contributed by atoms with Crippen LogP contribution in [0.3, 0.4) is 0 Å². The first-order chi connectivity index (χ1) is 14.8. The fourth-order valence-electron chi connectivity index (χ4n) is 3.22. The van der Waals surface area contributed by atoms with Crippen molar-refractivity contribution in [3.63, 3.8) is 0 Å². The largest absolute Gasteiger partial charge is 0.492 e. The van der Waals surface area contributed by atoms with Crippen molar-refractivity contribution in [1.82, 2.24) is 10.8 Å². The average molecular weight is 533 g/mol. The highest BCUT2D eigenvalue weighted by molar-refractivity contribution is 9.11. The number of ether oxygens (including phenoxy) is 2. The third-order valence-electron chi connectivity index (χ3n) is 4.92. The minimum Gasteiger partial charge on any atom is -0.492 e. The number of thiophene rings is 1. The molecule has 0 spiro atoms. The molecule has 31 heavy (non-hydrogen) atoms. The quantitative estimate of drug-likeness (QED) is 0.269. The number of carbonyl (C=O) groups excluding carboxylic acids is 2. The molecule has 1 aliphatic rings. The molecule has 3 rings (SSSR count). The van der Waals surface area contributed by atoms with Crippen molar-refractivity contribution in [1.29, 1.82) is 0 Å². The molecule has 0 bridgehead atoms. The Morgan fingerprint density at radius 1 is 1.16 bits per heavy atom. The summed E-state index contributed by atoms with van der Waals surface area (Å²) in [5.41, 5.74) is 1.48. The number of rotatable bonds is 8. The van der Waals surface area contributed by atoms with E-state index in [2.05, 4.69) is 21.2 Å². The van der Waals surface area contributed by atoms with Gasteiger partial charge in [0, 0.05) is 13.2 Å². The summed E-state index contributed by atoms with van der Waals surface area (Å²) in [6.45, 7) is 0.663. The average Bonchev–Trinajstić information content (AvgIpc) is 3.23. The Morgan fingerprint density at radius 3 is 2.42 bits per heavy atom. The molecule has 168 valence electrons. The second kappa shape index (κ2) is 10.1. The maximum absolute atomic E-state index is 13.2. The zero-order chi connectivity index (χ0) is 22.5. The summed E-state index contributed by atoms with van der Waals surface area (Å²) in [7, 11) is -4.08. The molecule has 12 heteroatoms. The van der Waals surface area contributed by atoms with E-state index < -0.39 is 20.5 Å². The number of benzene rings is 1. The Morgan fingerprint density at radius 2 is 1.84 bits per heavy atom. The summed E-state index contributed by atoms with van der Waals surface area (Å²) in [6.07, 6.45) is -0.110. The van der Waals surface area contributed by atoms with Crippen LogP contribution in [0.5, 0.6) is 5.75 Å². The van der Waals surface area contributed by atoms with Crippen molar-refractivity contribution in [2.24, 2.45) is 0 Å². The molecule has 2 heterocycles. The van der Waals surface area contributed by atoms with Gasteiger partial charge in [-0.15, -0.1) is 11.3 Å². The molecular formula is C19H21BrN2O7S2. The summed E-state index contributed by atoms with van der Waals surface area (Å²) < 4.78 is 36.2. The third-order valence-corrected chi connectivity index (χ3v) is 9.06. The summed E-state index contributed by atoms with van der Waals surface area (Å²) >= 11 is 4.63. The van der Waals surface area contributed by atoms with Crippen LogP contribution < -0.4 is 15.5 Å². The van der Waals surface area contributed by atoms with Gasteiger partial charge in [-0.3, -0.25) is 14.8 Å². The van der Waals surface area contributed by atoms with E-state index in [0.29, 0.717) is 10.6 Å². The van der Waals surface area contributed by atoms with Crippen LogP contribution in [0.25, 0.3) is 0 Å². The zero-order valence-corrected chi connectivity index (χ0v) is 19.5. The fraction of sp³-hybridized carbons (Fsp3) is 0.368. The maximum Gasteiger partial charge on any atom is 0.265 e. The number of carbonyl (C=O) groups is 2. The lowest BCUT2D eigenvalue weighted by Gasteiger charge is -2.34. The molecule has 1 aliphatic heterocycles. The lowest BCUT2D eigenvalue weighted by Crippen LogP contribution is -2.54. The molecule has 0 unspecified atom stereocenters. The van der Waals surface area contributed by atoms with E-state index in [0.717, 1.165) is 3.79 Å². The molecule has 2 aromatic rings. The molecule has 9 nitrogen and oxygen atoms in total. The first-order valence-corrected chi connectivity index (χ1v) is 12.4. The minimum atomic E-state index is -4.08. The van der Waals surface area contributed by atoms with Crippen molar-refractivity contribution in [2.75, 3.05) is 26.4 Å². The van der Waals surface area contributed by atoms with Crippen LogP contribution >= 0.6 is 27.3 Å². The molecule has 0 saturated carbocycles. The van der Waals surface area contributed by atoms with Crippen LogP contribution in [-0.4, -0.2) is 56.6 Å². The van der Waals surface area contributed by atoms with Crippen molar-refractivity contribution >= 4 is 48.9 Å². The number of hydrogen-bond donors (Lipinski definition) is 3. The zero-order valence-electron chi connectivity index (χ0n) is 16.3. The number of amides is 2. The van der Waals surface area contributed by atoms with E-state index in [1.807, 2.05) is 0 Å². The molecular weight excluding hydrogens is 512 g/mol. The number of nitrogens with one attached hydrogen (secondary N) is 2. The summed E-state index contributed by atoms with van der Waals surface area (Å²) in [6, 6.07) is 9.18. The second-order valence-corrected chi connectivity index (χ2v) is 11.5. The van der Waals surface area contributed by atoms with Gasteiger partial charge in [0.15, 0.2) is 14.6 Å². The molecule has 2 amide bonds. The van der Waals surface area contributed by atoms with Crippen LogP contribution in [-0.2, 0) is 19.4 Å². The van der Waals surface area contributed by atoms with E-state index in [9.17, 15) is 18.0 Å². The number of sulfone groups is 1. The van der Waals surface area contributed by atoms with Gasteiger partial charge in [0.25, 0.3) is 11.8 Å². The Hall–Kier alpha value is -1.99. The van der Waals surface area contributed by atoms with Crippen molar-refractivity contribution in [2.45, 2.75) is 22.5 Å². The van der Waals surface area contributed by atoms with E-state index in [4.69, 9.17) is 14.7 Å². The van der Waals surface area contributed by atoms with Crippen LogP contribution in [0, 0.1) is 0 Å². The Balaban J connectivity index is 1.61. The lowest BCUT2D eigenvalue weighted by molar-refractivity contribution is -0.134. The second-order valence-electron chi connectivity index (χ2n) is 6.73. The van der Waals surface area contributed by atoms with Crippen LogP contribution in [0.1, 0.15) is 22.5 Å². The van der Waals surface area contributed by atoms with E-state index in [-0.39, 0.29) is 50.0 Å². The van der Waals surface area contributed by atoms with Crippen molar-refractivity contribution < 1.29 is 32.7 Å². The third kappa shape index (κ3) is 5.09. The van der Waals surface area contributed by atoms with Gasteiger partial charge in [0.2, 0.25) is 0 Å². The molecule has 1 fully saturated rings. The van der Waals surface area contributed by atoms with Gasteiger partial charge >= 0.3 is 0 Å². The standard InChI is InChI=1S/C19H21BrN2O7S2/c20-16-6-5-15(30-16)17(23)21-9-12-29-13-1-3-14(4-2-13)31(26,27)19(18(24)22-25)7-10-28-11-8-19/h1-6,25H,7-12H2,(H,21,23)(H,22,24). The van der Waals surface area contributed by atoms with Gasteiger partial charge in [0.1, 0.15) is 12.4 Å². The van der Waals surface area contributed by atoms with Gasteiger partial charge in [-0.05, 0) is 65.2 Å². The van der Waals surface area contributed by atoms with Gasteiger partial charge in [-0.2, -0.15) is 0 Å². The van der Waals surface area contributed by atoms with E-state index in [1.54, 1.807) is 12.1 Å². The van der Waals surface area contributed by atoms with Gasteiger partial charge < -0.3 is 14.8 Å². The van der Waals surface area contributed by atoms with Crippen LogP contribution in [0.15, 0.2) is 45.1 Å². The first kappa shape index (κ1) is 23.7. The number of hydroxylamine groups is 1. The topological polar surface area (TPSA) is 131 Å². The van der Waals surface area contributed by atoms with E-state index >= 15 is 0 Å². The molecule has 3 N–H and O–H groups in total.